The molecular weight excluding hydrogens is 236 g/mol. The number of amides is 1. The molecule has 0 spiro atoms. The Morgan fingerprint density at radius 2 is 1.84 bits per heavy atom. The molecule has 1 atom stereocenters. The van der Waals surface area contributed by atoms with Crippen LogP contribution in [-0.4, -0.2) is 12.5 Å². The Morgan fingerprint density at radius 3 is 2.32 bits per heavy atom. The number of carbonyl (C=O) groups excluding carboxylic acids is 1. The average Bonchev–Trinajstić information content (AvgIpc) is 2.33. The van der Waals surface area contributed by atoms with Crippen molar-refractivity contribution in [2.24, 2.45) is 11.7 Å². The second-order valence-corrected chi connectivity index (χ2v) is 5.42. The molecule has 19 heavy (non-hydrogen) atoms. The highest BCUT2D eigenvalue weighted by Crippen LogP contribution is 2.22. The molecule has 1 unspecified atom stereocenters. The van der Waals surface area contributed by atoms with Crippen LogP contribution in [0.4, 0.5) is 5.69 Å². The molecule has 0 fully saturated rings. The van der Waals surface area contributed by atoms with Crippen LogP contribution in [0.5, 0.6) is 0 Å². The summed E-state index contributed by atoms with van der Waals surface area (Å²) in [6, 6.07) is 4.18. The average molecular weight is 262 g/mol. The van der Waals surface area contributed by atoms with E-state index in [4.69, 9.17) is 5.73 Å². The van der Waals surface area contributed by atoms with Gasteiger partial charge in [-0.05, 0) is 50.8 Å². The van der Waals surface area contributed by atoms with Gasteiger partial charge in [0.15, 0.2) is 0 Å². The smallest absolute Gasteiger partial charge is 0.224 e. The molecule has 3 heteroatoms. The van der Waals surface area contributed by atoms with Gasteiger partial charge in [0.1, 0.15) is 0 Å². The van der Waals surface area contributed by atoms with Crippen LogP contribution in [0.1, 0.15) is 42.9 Å². The van der Waals surface area contributed by atoms with Crippen LogP contribution in [-0.2, 0) is 4.79 Å². The van der Waals surface area contributed by atoms with Gasteiger partial charge in [-0.3, -0.25) is 4.79 Å². The molecule has 0 aliphatic heterocycles. The minimum atomic E-state index is 0.0685. The zero-order chi connectivity index (χ0) is 14.4. The third kappa shape index (κ3) is 4.67. The molecule has 0 radical (unpaired) electrons. The summed E-state index contributed by atoms with van der Waals surface area (Å²) in [6.07, 6.45) is 2.59. The maximum absolute atomic E-state index is 12.1. The Morgan fingerprint density at radius 1 is 1.26 bits per heavy atom. The Hall–Kier alpha value is -1.35. The SMILES string of the molecule is CCCC(CN)CC(=O)Nc1c(C)cc(C)cc1C. The highest BCUT2D eigenvalue weighted by Gasteiger charge is 2.13. The fourth-order valence-corrected chi connectivity index (χ4v) is 2.54. The van der Waals surface area contributed by atoms with Crippen LogP contribution in [0, 0.1) is 26.7 Å². The zero-order valence-corrected chi connectivity index (χ0v) is 12.5. The topological polar surface area (TPSA) is 55.1 Å². The molecule has 3 N–H and O–H groups in total. The van der Waals surface area contributed by atoms with Crippen molar-refractivity contribution >= 4 is 11.6 Å². The summed E-state index contributed by atoms with van der Waals surface area (Å²) in [6.45, 7) is 8.82. The van der Waals surface area contributed by atoms with E-state index in [1.54, 1.807) is 0 Å². The minimum Gasteiger partial charge on any atom is -0.330 e. The number of nitrogens with two attached hydrogens (primary N) is 1. The fraction of sp³-hybridized carbons (Fsp3) is 0.562. The fourth-order valence-electron chi connectivity index (χ4n) is 2.54. The van der Waals surface area contributed by atoms with Gasteiger partial charge in [0, 0.05) is 12.1 Å². The van der Waals surface area contributed by atoms with Crippen molar-refractivity contribution in [2.45, 2.75) is 47.0 Å². The van der Waals surface area contributed by atoms with Crippen molar-refractivity contribution in [3.63, 3.8) is 0 Å². The molecule has 0 heterocycles. The van der Waals surface area contributed by atoms with Gasteiger partial charge in [-0.2, -0.15) is 0 Å². The van der Waals surface area contributed by atoms with Crippen molar-refractivity contribution in [3.8, 4) is 0 Å². The molecule has 0 saturated heterocycles. The van der Waals surface area contributed by atoms with Crippen LogP contribution in [0.3, 0.4) is 0 Å². The second kappa shape index (κ2) is 7.29. The summed E-state index contributed by atoms with van der Waals surface area (Å²) in [5.41, 5.74) is 10.1. The van der Waals surface area contributed by atoms with Crippen molar-refractivity contribution in [1.82, 2.24) is 0 Å². The van der Waals surface area contributed by atoms with Gasteiger partial charge in [0.05, 0.1) is 0 Å². The van der Waals surface area contributed by atoms with E-state index in [1.165, 1.54) is 5.56 Å². The molecule has 0 aromatic heterocycles. The number of anilines is 1. The van der Waals surface area contributed by atoms with Crippen molar-refractivity contribution in [3.05, 3.63) is 28.8 Å². The van der Waals surface area contributed by atoms with Crippen molar-refractivity contribution < 1.29 is 4.79 Å². The Labute approximate surface area is 116 Å². The van der Waals surface area contributed by atoms with Gasteiger partial charge in [-0.25, -0.2) is 0 Å². The lowest BCUT2D eigenvalue weighted by atomic mass is 9.99. The molecular formula is C16H26N2O. The van der Waals surface area contributed by atoms with Gasteiger partial charge in [0.25, 0.3) is 0 Å². The summed E-state index contributed by atoms with van der Waals surface area (Å²) in [5, 5.41) is 3.03. The predicted octanol–water partition coefficient (Wildman–Crippen LogP) is 3.32. The van der Waals surface area contributed by atoms with Crippen LogP contribution < -0.4 is 11.1 Å². The summed E-state index contributed by atoms with van der Waals surface area (Å²) in [7, 11) is 0. The molecule has 106 valence electrons. The number of hydrogen-bond acceptors (Lipinski definition) is 2. The molecule has 3 nitrogen and oxygen atoms in total. The number of nitrogens with one attached hydrogen (secondary N) is 1. The van der Waals surface area contributed by atoms with Gasteiger partial charge in [-0.1, -0.05) is 31.0 Å². The molecule has 1 aromatic rings. The van der Waals surface area contributed by atoms with Gasteiger partial charge >= 0.3 is 0 Å². The summed E-state index contributed by atoms with van der Waals surface area (Å²) < 4.78 is 0. The normalized spacial score (nSPS) is 12.3. The maximum Gasteiger partial charge on any atom is 0.224 e. The first kappa shape index (κ1) is 15.7. The highest BCUT2D eigenvalue weighted by molar-refractivity contribution is 5.92. The first-order valence-electron chi connectivity index (χ1n) is 7.05. The largest absolute Gasteiger partial charge is 0.330 e. The third-order valence-electron chi connectivity index (χ3n) is 3.45. The number of hydrogen-bond donors (Lipinski definition) is 2. The number of rotatable bonds is 6. The quantitative estimate of drug-likeness (QED) is 0.826. The lowest BCUT2D eigenvalue weighted by molar-refractivity contribution is -0.117. The van der Waals surface area contributed by atoms with E-state index in [-0.39, 0.29) is 11.8 Å². The molecule has 0 saturated carbocycles. The minimum absolute atomic E-state index is 0.0685. The monoisotopic (exact) mass is 262 g/mol. The van der Waals surface area contributed by atoms with Gasteiger partial charge in [0.2, 0.25) is 5.91 Å². The molecule has 0 aliphatic rings. The molecule has 1 aromatic carbocycles. The molecule has 0 aliphatic carbocycles. The van der Waals surface area contributed by atoms with E-state index in [1.807, 2.05) is 13.8 Å². The zero-order valence-electron chi connectivity index (χ0n) is 12.5. The van der Waals surface area contributed by atoms with Gasteiger partial charge in [-0.15, -0.1) is 0 Å². The Bertz CT molecular complexity index is 417. The number of benzene rings is 1. The van der Waals surface area contributed by atoms with E-state index in [0.717, 1.165) is 29.7 Å². The standard InChI is InChI=1S/C16H26N2O/c1-5-6-14(10-17)9-15(19)18-16-12(3)7-11(2)8-13(16)4/h7-8,14H,5-6,9-10,17H2,1-4H3,(H,18,19). The van der Waals surface area contributed by atoms with E-state index in [9.17, 15) is 4.79 Å². The molecule has 1 amide bonds. The summed E-state index contributed by atoms with van der Waals surface area (Å²) in [4.78, 5) is 12.1. The van der Waals surface area contributed by atoms with Crippen molar-refractivity contribution in [1.29, 1.82) is 0 Å². The van der Waals surface area contributed by atoms with Crippen LogP contribution >= 0.6 is 0 Å². The molecule has 1 rings (SSSR count). The lowest BCUT2D eigenvalue weighted by Crippen LogP contribution is -2.22. The van der Waals surface area contributed by atoms with E-state index >= 15 is 0 Å². The predicted molar refractivity (Wildman–Crippen MR) is 81.4 cm³/mol. The maximum atomic E-state index is 12.1. The third-order valence-corrected chi connectivity index (χ3v) is 3.45. The Balaban J connectivity index is 2.72. The second-order valence-electron chi connectivity index (χ2n) is 5.42. The van der Waals surface area contributed by atoms with E-state index in [0.29, 0.717) is 13.0 Å². The summed E-state index contributed by atoms with van der Waals surface area (Å²) in [5.74, 6) is 0.356. The number of aryl methyl sites for hydroxylation is 3. The van der Waals surface area contributed by atoms with Crippen LogP contribution in [0.2, 0.25) is 0 Å². The Kier molecular flexibility index (Phi) is 6.03. The van der Waals surface area contributed by atoms with Crippen LogP contribution in [0.25, 0.3) is 0 Å². The lowest BCUT2D eigenvalue weighted by Gasteiger charge is -2.16. The first-order valence-corrected chi connectivity index (χ1v) is 7.05. The van der Waals surface area contributed by atoms with Gasteiger partial charge < -0.3 is 11.1 Å². The van der Waals surface area contributed by atoms with E-state index < -0.39 is 0 Å². The van der Waals surface area contributed by atoms with E-state index in [2.05, 4.69) is 31.3 Å². The number of carbonyl (C=O) groups is 1. The highest BCUT2D eigenvalue weighted by atomic mass is 16.1. The summed E-state index contributed by atoms with van der Waals surface area (Å²) >= 11 is 0. The van der Waals surface area contributed by atoms with Crippen molar-refractivity contribution in [2.75, 3.05) is 11.9 Å². The van der Waals surface area contributed by atoms with Crippen LogP contribution in [0.15, 0.2) is 12.1 Å². The molecule has 0 bridgehead atoms. The first-order chi connectivity index (χ1) is 8.97.